The molecule has 1 aliphatic carbocycles. The highest BCUT2D eigenvalue weighted by molar-refractivity contribution is 8.01. The van der Waals surface area contributed by atoms with Gasteiger partial charge in [0.25, 0.3) is 0 Å². The molecule has 1 saturated carbocycles. The Morgan fingerprint density at radius 3 is 2.68 bits per heavy atom. The molecule has 1 fully saturated rings. The standard InChI is InChI=1S/C29H31N5O3S/c1-17-16-19(37-18-8-5-4-6-9-18)12-13-21(17)34-23-14-15-30-28-24(23)25(32-29(34)36)26(38-28)27(35)31-20-10-7-11-22(20)33(2)3/h4-6,8-9,12-16,20,22,25-26H,7,10-11H2,1-3H3,(H,31,35)(H,32,36)/t20-,22+,25?,26?/m0/s1. The van der Waals surface area contributed by atoms with Gasteiger partial charge in [0.1, 0.15) is 21.8 Å². The van der Waals surface area contributed by atoms with Crippen LogP contribution in [0.1, 0.15) is 36.4 Å². The van der Waals surface area contributed by atoms with Gasteiger partial charge in [0.15, 0.2) is 0 Å². The number of hydrogen-bond acceptors (Lipinski definition) is 6. The summed E-state index contributed by atoms with van der Waals surface area (Å²) in [6.07, 6.45) is 4.86. The molecule has 3 amide bonds. The van der Waals surface area contributed by atoms with Crippen molar-refractivity contribution in [2.45, 2.75) is 54.6 Å². The van der Waals surface area contributed by atoms with Crippen LogP contribution in [0.5, 0.6) is 11.5 Å². The van der Waals surface area contributed by atoms with E-state index in [1.165, 1.54) is 11.8 Å². The maximum absolute atomic E-state index is 13.5. The van der Waals surface area contributed by atoms with Gasteiger partial charge in [-0.15, -0.1) is 0 Å². The molecule has 6 rings (SSSR count). The zero-order valence-corrected chi connectivity index (χ0v) is 22.5. The van der Waals surface area contributed by atoms with E-state index in [4.69, 9.17) is 4.74 Å². The third-order valence-corrected chi connectivity index (χ3v) is 8.91. The number of benzene rings is 2. The molecule has 2 aliphatic heterocycles. The highest BCUT2D eigenvalue weighted by Crippen LogP contribution is 2.51. The molecule has 9 heteroatoms. The average Bonchev–Trinajstić information content (AvgIpc) is 3.51. The molecule has 0 saturated heterocycles. The first-order chi connectivity index (χ1) is 18.4. The van der Waals surface area contributed by atoms with Crippen molar-refractivity contribution < 1.29 is 14.3 Å². The Kier molecular flexibility index (Phi) is 6.49. The van der Waals surface area contributed by atoms with Gasteiger partial charge >= 0.3 is 6.03 Å². The number of rotatable bonds is 6. The molecule has 0 spiro atoms. The number of aryl methyl sites for hydroxylation is 1. The fourth-order valence-corrected chi connectivity index (χ4v) is 7.06. The van der Waals surface area contributed by atoms with Crippen LogP contribution in [0.2, 0.25) is 0 Å². The Balaban J connectivity index is 1.26. The second-order valence-corrected chi connectivity index (χ2v) is 11.4. The quantitative estimate of drug-likeness (QED) is 0.459. The lowest BCUT2D eigenvalue weighted by Crippen LogP contribution is -2.52. The molecule has 0 bridgehead atoms. The Morgan fingerprint density at radius 2 is 1.92 bits per heavy atom. The molecule has 3 aromatic rings. The van der Waals surface area contributed by atoms with Crippen molar-refractivity contribution in [3.63, 3.8) is 0 Å². The normalized spacial score (nSPS) is 23.8. The van der Waals surface area contributed by atoms with Gasteiger partial charge in [-0.05, 0) is 82.2 Å². The number of nitrogens with one attached hydrogen (secondary N) is 2. The van der Waals surface area contributed by atoms with Gasteiger partial charge in [0.2, 0.25) is 5.91 Å². The van der Waals surface area contributed by atoms with Gasteiger partial charge in [0.05, 0.1) is 17.4 Å². The summed E-state index contributed by atoms with van der Waals surface area (Å²) in [6.45, 7) is 1.96. The van der Waals surface area contributed by atoms with Crippen LogP contribution in [-0.4, -0.2) is 53.3 Å². The van der Waals surface area contributed by atoms with Crippen molar-refractivity contribution in [3.05, 3.63) is 71.9 Å². The Morgan fingerprint density at radius 1 is 1.11 bits per heavy atom. The van der Waals surface area contributed by atoms with E-state index < -0.39 is 11.3 Å². The number of amides is 3. The minimum absolute atomic E-state index is 0.0463. The number of carbonyl (C=O) groups excluding carboxylic acids is 2. The third-order valence-electron chi connectivity index (χ3n) is 7.62. The van der Waals surface area contributed by atoms with Gasteiger partial charge in [-0.2, -0.15) is 0 Å². The molecule has 1 aromatic heterocycles. The first kappa shape index (κ1) is 24.8. The van der Waals surface area contributed by atoms with E-state index in [1.54, 1.807) is 11.1 Å². The van der Waals surface area contributed by atoms with Crippen LogP contribution in [0, 0.1) is 6.92 Å². The summed E-state index contributed by atoms with van der Waals surface area (Å²) in [6, 6.07) is 16.9. The molecule has 2 N–H and O–H groups in total. The number of ether oxygens (including phenoxy) is 1. The third kappa shape index (κ3) is 4.39. The van der Waals surface area contributed by atoms with E-state index in [9.17, 15) is 9.59 Å². The van der Waals surface area contributed by atoms with Crippen molar-refractivity contribution >= 4 is 35.1 Å². The minimum atomic E-state index is -0.462. The summed E-state index contributed by atoms with van der Waals surface area (Å²) in [5, 5.41) is 6.72. The number of nitrogens with zero attached hydrogens (tertiary/aromatic N) is 3. The number of hydrogen-bond donors (Lipinski definition) is 2. The van der Waals surface area contributed by atoms with Crippen LogP contribution in [0.4, 0.5) is 16.2 Å². The average molecular weight is 530 g/mol. The van der Waals surface area contributed by atoms with Gasteiger partial charge in [-0.25, -0.2) is 9.78 Å². The van der Waals surface area contributed by atoms with Crippen LogP contribution in [0.3, 0.4) is 0 Å². The maximum atomic E-state index is 13.5. The first-order valence-corrected chi connectivity index (χ1v) is 13.8. The van der Waals surface area contributed by atoms with Crippen LogP contribution in [-0.2, 0) is 4.79 Å². The largest absolute Gasteiger partial charge is 0.457 e. The molecular formula is C29H31N5O3S. The highest BCUT2D eigenvalue weighted by Gasteiger charge is 2.47. The zero-order chi connectivity index (χ0) is 26.4. The number of anilines is 2. The lowest BCUT2D eigenvalue weighted by atomic mass is 9.99. The summed E-state index contributed by atoms with van der Waals surface area (Å²) in [5.41, 5.74) is 3.32. The Hall–Kier alpha value is -3.56. The summed E-state index contributed by atoms with van der Waals surface area (Å²) in [7, 11) is 4.12. The number of para-hydroxylation sites is 1. The number of aromatic nitrogens is 1. The number of pyridine rings is 1. The monoisotopic (exact) mass is 529 g/mol. The summed E-state index contributed by atoms with van der Waals surface area (Å²) < 4.78 is 5.98. The van der Waals surface area contributed by atoms with Crippen molar-refractivity contribution in [2.75, 3.05) is 19.0 Å². The van der Waals surface area contributed by atoms with Crippen molar-refractivity contribution in [2.24, 2.45) is 0 Å². The fraction of sp³-hybridized carbons (Fsp3) is 0.345. The van der Waals surface area contributed by atoms with E-state index in [0.29, 0.717) is 11.8 Å². The molecule has 3 aliphatic rings. The molecule has 196 valence electrons. The van der Waals surface area contributed by atoms with Crippen molar-refractivity contribution in [1.82, 2.24) is 20.5 Å². The molecule has 4 atom stereocenters. The lowest BCUT2D eigenvalue weighted by Gasteiger charge is -2.35. The number of carbonyl (C=O) groups is 2. The second-order valence-electron chi connectivity index (χ2n) is 10.3. The van der Waals surface area contributed by atoms with E-state index in [-0.39, 0.29) is 18.0 Å². The molecular weight excluding hydrogens is 498 g/mol. The fourth-order valence-electron chi connectivity index (χ4n) is 5.82. The van der Waals surface area contributed by atoms with Crippen molar-refractivity contribution in [3.8, 4) is 11.5 Å². The van der Waals surface area contributed by atoms with Crippen molar-refractivity contribution in [1.29, 1.82) is 0 Å². The molecule has 8 nitrogen and oxygen atoms in total. The number of thioether (sulfide) groups is 1. The molecule has 38 heavy (non-hydrogen) atoms. The van der Waals surface area contributed by atoms with Gasteiger partial charge < -0.3 is 20.3 Å². The molecule has 2 aromatic carbocycles. The lowest BCUT2D eigenvalue weighted by molar-refractivity contribution is -0.121. The predicted octanol–water partition coefficient (Wildman–Crippen LogP) is 5.16. The van der Waals surface area contributed by atoms with E-state index >= 15 is 0 Å². The second kappa shape index (κ2) is 9.96. The van der Waals surface area contributed by atoms with Crippen LogP contribution in [0.15, 0.2) is 65.8 Å². The van der Waals surface area contributed by atoms with Crippen LogP contribution in [0.25, 0.3) is 0 Å². The van der Waals surface area contributed by atoms with Gasteiger partial charge in [-0.1, -0.05) is 30.0 Å². The first-order valence-electron chi connectivity index (χ1n) is 13.0. The summed E-state index contributed by atoms with van der Waals surface area (Å²) in [4.78, 5) is 35.5. The Bertz CT molecular complexity index is 1380. The van der Waals surface area contributed by atoms with Crippen LogP contribution < -0.4 is 20.3 Å². The van der Waals surface area contributed by atoms with E-state index in [1.807, 2.05) is 61.5 Å². The topological polar surface area (TPSA) is 86.8 Å². The zero-order valence-electron chi connectivity index (χ0n) is 21.7. The SMILES string of the molecule is Cc1cc(Oc2ccccc2)ccc1N1C(=O)NC2c3c1ccnc3SC2C(=O)N[C@H]1CCC[C@H]1N(C)C. The summed E-state index contributed by atoms with van der Waals surface area (Å²) in [5.74, 6) is 1.40. The highest BCUT2D eigenvalue weighted by atomic mass is 32.2. The smallest absolute Gasteiger partial charge is 0.327 e. The Labute approximate surface area is 226 Å². The summed E-state index contributed by atoms with van der Waals surface area (Å²) >= 11 is 1.43. The molecule has 0 radical (unpaired) electrons. The van der Waals surface area contributed by atoms with Gasteiger partial charge in [0, 0.05) is 23.8 Å². The van der Waals surface area contributed by atoms with Gasteiger partial charge in [-0.3, -0.25) is 9.69 Å². The molecule has 3 heterocycles. The number of urea groups is 1. The minimum Gasteiger partial charge on any atom is -0.457 e. The van der Waals surface area contributed by atoms with Crippen LogP contribution >= 0.6 is 11.8 Å². The predicted molar refractivity (Wildman–Crippen MR) is 148 cm³/mol. The number of likely N-dealkylation sites (N-methyl/N-ethyl adjacent to an activating group) is 1. The van der Waals surface area contributed by atoms with E-state index in [2.05, 4.69) is 34.6 Å². The molecule has 2 unspecified atom stereocenters. The van der Waals surface area contributed by atoms with E-state index in [0.717, 1.165) is 52.5 Å². The maximum Gasteiger partial charge on any atom is 0.327 e.